The zero-order valence-corrected chi connectivity index (χ0v) is 12.4. The number of halogens is 1. The van der Waals surface area contributed by atoms with Gasteiger partial charge in [0.1, 0.15) is 0 Å². The van der Waals surface area contributed by atoms with Crippen molar-refractivity contribution in [3.05, 3.63) is 40.4 Å². The van der Waals surface area contributed by atoms with Crippen molar-refractivity contribution in [3.8, 4) is 0 Å². The Balaban J connectivity index is 2.04. The minimum atomic E-state index is -0.171. The maximum absolute atomic E-state index is 12.7. The lowest BCUT2D eigenvalue weighted by atomic mass is 9.70. The van der Waals surface area contributed by atoms with Gasteiger partial charge in [-0.2, -0.15) is 0 Å². The molecule has 19 heavy (non-hydrogen) atoms. The van der Waals surface area contributed by atoms with E-state index in [2.05, 4.69) is 26.8 Å². The molecule has 2 aliphatic rings. The van der Waals surface area contributed by atoms with Gasteiger partial charge in [0.25, 0.3) is 0 Å². The highest BCUT2D eigenvalue weighted by Gasteiger charge is 2.63. The number of ketones is 1. The second-order valence-electron chi connectivity index (χ2n) is 6.63. The summed E-state index contributed by atoms with van der Waals surface area (Å²) < 4.78 is 0. The van der Waals surface area contributed by atoms with Crippen LogP contribution in [0.25, 0.3) is 6.08 Å². The van der Waals surface area contributed by atoms with E-state index in [1.807, 2.05) is 24.3 Å². The van der Waals surface area contributed by atoms with Crippen LogP contribution < -0.4 is 0 Å². The molecular weight excluding hydrogens is 256 g/mol. The lowest BCUT2D eigenvalue weighted by Crippen LogP contribution is -2.32. The molecule has 0 radical (unpaired) electrons. The highest BCUT2D eigenvalue weighted by Crippen LogP contribution is 2.65. The quantitative estimate of drug-likeness (QED) is 0.676. The van der Waals surface area contributed by atoms with Crippen LogP contribution >= 0.6 is 11.6 Å². The normalized spacial score (nSPS) is 34.2. The summed E-state index contributed by atoms with van der Waals surface area (Å²) in [6, 6.07) is 7.70. The Labute approximate surface area is 119 Å². The molecule has 0 amide bonds. The van der Waals surface area contributed by atoms with E-state index in [-0.39, 0.29) is 10.8 Å². The van der Waals surface area contributed by atoms with Crippen LogP contribution in [-0.2, 0) is 4.79 Å². The van der Waals surface area contributed by atoms with Crippen LogP contribution in [0.5, 0.6) is 0 Å². The number of rotatable bonds is 1. The highest BCUT2D eigenvalue weighted by molar-refractivity contribution is 6.30. The van der Waals surface area contributed by atoms with Gasteiger partial charge in [0.2, 0.25) is 0 Å². The second kappa shape index (κ2) is 3.96. The molecule has 1 nitrogen and oxygen atoms in total. The first-order chi connectivity index (χ1) is 8.86. The SMILES string of the molecule is CC1(C)[C@@H]2CC[C@@]1(C)C(=O)/C2=C/c1ccc(Cl)cc1. The van der Waals surface area contributed by atoms with Crippen LogP contribution in [0.2, 0.25) is 5.02 Å². The number of hydrogen-bond donors (Lipinski definition) is 0. The fourth-order valence-electron chi connectivity index (χ4n) is 3.83. The summed E-state index contributed by atoms with van der Waals surface area (Å²) in [4.78, 5) is 12.7. The smallest absolute Gasteiger partial charge is 0.165 e. The number of carbonyl (C=O) groups excluding carboxylic acids is 1. The third-order valence-electron chi connectivity index (χ3n) is 5.56. The van der Waals surface area contributed by atoms with Crippen LogP contribution in [0.4, 0.5) is 0 Å². The molecule has 0 unspecified atom stereocenters. The zero-order valence-electron chi connectivity index (χ0n) is 11.7. The summed E-state index contributed by atoms with van der Waals surface area (Å²) in [7, 11) is 0. The Hall–Kier alpha value is -1.08. The Bertz CT molecular complexity index is 567. The first kappa shape index (κ1) is 12.9. The zero-order chi connectivity index (χ0) is 13.8. The molecule has 1 aromatic carbocycles. The van der Waals surface area contributed by atoms with Crippen molar-refractivity contribution in [2.45, 2.75) is 33.6 Å². The molecule has 3 rings (SSSR count). The van der Waals surface area contributed by atoms with E-state index in [1.54, 1.807) is 0 Å². The van der Waals surface area contributed by atoms with Gasteiger partial charge in [0.15, 0.2) is 5.78 Å². The minimum absolute atomic E-state index is 0.0857. The van der Waals surface area contributed by atoms with Gasteiger partial charge in [-0.1, -0.05) is 44.5 Å². The van der Waals surface area contributed by atoms with Gasteiger partial charge in [-0.3, -0.25) is 4.79 Å². The Morgan fingerprint density at radius 1 is 1.21 bits per heavy atom. The minimum Gasteiger partial charge on any atom is -0.294 e. The standard InChI is InChI=1S/C17H19ClO/c1-16(2)14-8-9-17(16,3)15(19)13(14)10-11-4-6-12(18)7-5-11/h4-7,10,14H,8-9H2,1-3H3/b13-10+/t14-,17+/m1/s1. The molecule has 0 N–H and O–H groups in total. The van der Waals surface area contributed by atoms with E-state index >= 15 is 0 Å². The summed E-state index contributed by atoms with van der Waals surface area (Å²) in [5, 5.41) is 0.730. The fraction of sp³-hybridized carbons (Fsp3) is 0.471. The molecule has 0 heterocycles. The number of carbonyl (C=O) groups is 1. The van der Waals surface area contributed by atoms with Gasteiger partial charge in [0.05, 0.1) is 0 Å². The molecule has 2 saturated carbocycles. The van der Waals surface area contributed by atoms with Crippen molar-refractivity contribution in [1.29, 1.82) is 0 Å². The summed E-state index contributed by atoms with van der Waals surface area (Å²) >= 11 is 5.90. The second-order valence-corrected chi connectivity index (χ2v) is 7.06. The number of hydrogen-bond acceptors (Lipinski definition) is 1. The van der Waals surface area contributed by atoms with Crippen molar-refractivity contribution in [2.75, 3.05) is 0 Å². The molecule has 2 atom stereocenters. The van der Waals surface area contributed by atoms with E-state index < -0.39 is 0 Å². The molecule has 0 saturated heterocycles. The molecule has 0 spiro atoms. The Morgan fingerprint density at radius 3 is 2.37 bits per heavy atom. The average molecular weight is 275 g/mol. The Morgan fingerprint density at radius 2 is 1.84 bits per heavy atom. The molecule has 2 heteroatoms. The number of fused-ring (bicyclic) bond motifs is 2. The van der Waals surface area contributed by atoms with Crippen LogP contribution in [-0.4, -0.2) is 5.78 Å². The van der Waals surface area contributed by atoms with E-state index in [9.17, 15) is 4.79 Å². The Kier molecular flexibility index (Phi) is 2.69. The van der Waals surface area contributed by atoms with Crippen molar-refractivity contribution in [2.24, 2.45) is 16.7 Å². The van der Waals surface area contributed by atoms with Crippen LogP contribution in [0.15, 0.2) is 29.8 Å². The van der Waals surface area contributed by atoms with Gasteiger partial charge in [-0.15, -0.1) is 0 Å². The largest absolute Gasteiger partial charge is 0.294 e. The van der Waals surface area contributed by atoms with Crippen molar-refractivity contribution in [3.63, 3.8) is 0 Å². The third kappa shape index (κ3) is 1.64. The number of allylic oxidation sites excluding steroid dienone is 1. The third-order valence-corrected chi connectivity index (χ3v) is 5.81. The maximum atomic E-state index is 12.7. The van der Waals surface area contributed by atoms with E-state index in [4.69, 9.17) is 11.6 Å². The number of Topliss-reactive ketones (excluding diaryl/α,β-unsaturated/α-hetero) is 1. The van der Waals surface area contributed by atoms with Crippen LogP contribution in [0, 0.1) is 16.7 Å². The van der Waals surface area contributed by atoms with Crippen molar-refractivity contribution in [1.82, 2.24) is 0 Å². The first-order valence-corrected chi connectivity index (χ1v) is 7.26. The summed E-state index contributed by atoms with van der Waals surface area (Å²) in [5.41, 5.74) is 2.00. The molecule has 2 aliphatic carbocycles. The monoisotopic (exact) mass is 274 g/mol. The van der Waals surface area contributed by atoms with E-state index in [0.29, 0.717) is 11.7 Å². The van der Waals surface area contributed by atoms with Gasteiger partial charge >= 0.3 is 0 Å². The molecule has 100 valence electrons. The molecule has 0 aliphatic heterocycles. The maximum Gasteiger partial charge on any atom is 0.165 e. The lowest BCUT2D eigenvalue weighted by molar-refractivity contribution is -0.125. The fourth-order valence-corrected chi connectivity index (χ4v) is 3.96. The van der Waals surface area contributed by atoms with Gasteiger partial charge in [-0.05, 0) is 53.5 Å². The average Bonchev–Trinajstić information content (AvgIpc) is 2.66. The van der Waals surface area contributed by atoms with Gasteiger partial charge < -0.3 is 0 Å². The summed E-state index contributed by atoms with van der Waals surface area (Å²) in [6.45, 7) is 6.62. The first-order valence-electron chi connectivity index (χ1n) is 6.88. The predicted octanol–water partition coefficient (Wildman–Crippen LogP) is 4.75. The molecule has 1 aromatic rings. The summed E-state index contributed by atoms with van der Waals surface area (Å²) in [6.07, 6.45) is 4.23. The molecule has 2 fully saturated rings. The van der Waals surface area contributed by atoms with Gasteiger partial charge in [-0.25, -0.2) is 0 Å². The predicted molar refractivity (Wildman–Crippen MR) is 79.0 cm³/mol. The van der Waals surface area contributed by atoms with E-state index in [0.717, 1.165) is 29.0 Å². The molecular formula is C17H19ClO. The van der Waals surface area contributed by atoms with Gasteiger partial charge in [0, 0.05) is 10.4 Å². The topological polar surface area (TPSA) is 17.1 Å². The highest BCUT2D eigenvalue weighted by atomic mass is 35.5. The van der Waals surface area contributed by atoms with Crippen molar-refractivity contribution < 1.29 is 4.79 Å². The van der Waals surface area contributed by atoms with E-state index in [1.165, 1.54) is 0 Å². The van der Waals surface area contributed by atoms with Crippen LogP contribution in [0.3, 0.4) is 0 Å². The summed E-state index contributed by atoms with van der Waals surface area (Å²) in [5.74, 6) is 0.754. The van der Waals surface area contributed by atoms with Crippen molar-refractivity contribution >= 4 is 23.5 Å². The van der Waals surface area contributed by atoms with Crippen LogP contribution in [0.1, 0.15) is 39.2 Å². The molecule has 0 aromatic heterocycles. The lowest BCUT2D eigenvalue weighted by Gasteiger charge is -2.31. The number of benzene rings is 1. The molecule has 2 bridgehead atoms.